The molecule has 0 spiro atoms. The van der Waals surface area contributed by atoms with E-state index >= 15 is 0 Å². The second-order valence-electron chi connectivity index (χ2n) is 3.00. The number of carbonyl (C=O) groups is 1. The lowest BCUT2D eigenvalue weighted by molar-refractivity contribution is -0.143. The van der Waals surface area contributed by atoms with E-state index in [0.29, 0.717) is 12.4 Å². The van der Waals surface area contributed by atoms with Gasteiger partial charge >= 0.3 is 5.97 Å². The van der Waals surface area contributed by atoms with Crippen molar-refractivity contribution < 1.29 is 9.90 Å². The number of carboxylic acid groups (broad SMARTS) is 1. The molecule has 0 amide bonds. The van der Waals surface area contributed by atoms with E-state index in [1.54, 1.807) is 19.1 Å². The van der Waals surface area contributed by atoms with Gasteiger partial charge in [-0.1, -0.05) is 19.6 Å². The standard InChI is InChI=1S/C8H16N4O2.CH4/c1-6(9)12-5-3-2-4-8(10,11)7(13)14;/h2-3H,4-5,10-11H2,1H3,(H2,9,12)(H,13,14);1H4/b3-2+;. The van der Waals surface area contributed by atoms with Gasteiger partial charge in [-0.3, -0.25) is 4.99 Å². The zero-order valence-electron chi connectivity index (χ0n) is 8.10. The average Bonchev–Trinajstić information content (AvgIpc) is 2.02. The first-order valence-electron chi connectivity index (χ1n) is 4.09. The van der Waals surface area contributed by atoms with Crippen LogP contribution in [0.5, 0.6) is 0 Å². The largest absolute Gasteiger partial charge is 0.479 e. The third-order valence-electron chi connectivity index (χ3n) is 1.47. The Morgan fingerprint density at radius 1 is 1.47 bits per heavy atom. The quantitative estimate of drug-likeness (QED) is 0.216. The van der Waals surface area contributed by atoms with Crippen LogP contribution in [0, 0.1) is 0 Å². The number of hydrogen-bond donors (Lipinski definition) is 4. The molecule has 0 aliphatic rings. The molecule has 0 atom stereocenters. The van der Waals surface area contributed by atoms with Gasteiger partial charge in [-0.15, -0.1) is 0 Å². The van der Waals surface area contributed by atoms with E-state index in [1.807, 2.05) is 0 Å². The zero-order chi connectivity index (χ0) is 11.2. The molecule has 6 heteroatoms. The van der Waals surface area contributed by atoms with Crippen LogP contribution >= 0.6 is 0 Å². The van der Waals surface area contributed by atoms with Crippen LogP contribution in [0.4, 0.5) is 0 Å². The molecule has 0 aliphatic carbocycles. The number of rotatable bonds is 5. The van der Waals surface area contributed by atoms with Crippen molar-refractivity contribution in [3.8, 4) is 0 Å². The lowest BCUT2D eigenvalue weighted by atomic mass is 10.1. The predicted octanol–water partition coefficient (Wildman–Crippen LogP) is -0.356. The molecule has 0 saturated carbocycles. The van der Waals surface area contributed by atoms with Crippen LogP contribution in [0.1, 0.15) is 20.8 Å². The lowest BCUT2D eigenvalue weighted by Gasteiger charge is -2.15. The second kappa shape index (κ2) is 6.97. The molecule has 6 nitrogen and oxygen atoms in total. The van der Waals surface area contributed by atoms with Crippen molar-refractivity contribution in [2.24, 2.45) is 22.2 Å². The lowest BCUT2D eigenvalue weighted by Crippen LogP contribution is -2.55. The predicted molar refractivity (Wildman–Crippen MR) is 61.4 cm³/mol. The minimum absolute atomic E-state index is 0. The second-order valence-corrected chi connectivity index (χ2v) is 3.00. The Labute approximate surface area is 89.8 Å². The maximum Gasteiger partial charge on any atom is 0.338 e. The van der Waals surface area contributed by atoms with Crippen LogP contribution in [0.15, 0.2) is 17.1 Å². The van der Waals surface area contributed by atoms with Crippen LogP contribution in [0.2, 0.25) is 0 Å². The molecule has 0 aliphatic heterocycles. The molecule has 0 aromatic rings. The van der Waals surface area contributed by atoms with Gasteiger partial charge < -0.3 is 22.3 Å². The van der Waals surface area contributed by atoms with E-state index < -0.39 is 11.6 Å². The Kier molecular flexibility index (Phi) is 7.45. The summed E-state index contributed by atoms with van der Waals surface area (Å²) < 4.78 is 0. The highest BCUT2D eigenvalue weighted by molar-refractivity contribution is 5.78. The Morgan fingerprint density at radius 2 is 2.00 bits per heavy atom. The molecule has 0 bridgehead atoms. The monoisotopic (exact) mass is 216 g/mol. The Hall–Kier alpha value is -1.40. The van der Waals surface area contributed by atoms with E-state index in [1.165, 1.54) is 0 Å². The maximum absolute atomic E-state index is 10.5. The molecule has 0 rings (SSSR count). The summed E-state index contributed by atoms with van der Waals surface area (Å²) >= 11 is 0. The van der Waals surface area contributed by atoms with E-state index in [4.69, 9.17) is 22.3 Å². The van der Waals surface area contributed by atoms with Crippen molar-refractivity contribution in [2.75, 3.05) is 6.54 Å². The Balaban J connectivity index is 0. The number of nitrogens with two attached hydrogens (primary N) is 3. The first-order valence-corrected chi connectivity index (χ1v) is 4.09. The number of amidine groups is 1. The number of carboxylic acids is 1. The highest BCUT2D eigenvalue weighted by Crippen LogP contribution is 1.99. The van der Waals surface area contributed by atoms with Gasteiger partial charge in [0.25, 0.3) is 0 Å². The molecule has 0 aromatic carbocycles. The van der Waals surface area contributed by atoms with E-state index in [9.17, 15) is 4.79 Å². The van der Waals surface area contributed by atoms with Crippen LogP contribution in [-0.2, 0) is 4.79 Å². The average molecular weight is 216 g/mol. The number of aliphatic carboxylic acids is 1. The zero-order valence-corrected chi connectivity index (χ0v) is 8.10. The van der Waals surface area contributed by atoms with Crippen molar-refractivity contribution in [3.05, 3.63) is 12.2 Å². The fraction of sp³-hybridized carbons (Fsp3) is 0.556. The van der Waals surface area contributed by atoms with Gasteiger partial charge in [-0.05, 0) is 6.92 Å². The molecule has 15 heavy (non-hydrogen) atoms. The summed E-state index contributed by atoms with van der Waals surface area (Å²) in [6, 6.07) is 0. The first kappa shape index (κ1) is 16.0. The molecule has 0 radical (unpaired) electrons. The summed E-state index contributed by atoms with van der Waals surface area (Å²) in [7, 11) is 0. The highest BCUT2D eigenvalue weighted by Gasteiger charge is 2.26. The molecule has 0 fully saturated rings. The summed E-state index contributed by atoms with van der Waals surface area (Å²) in [5, 5.41) is 8.55. The minimum Gasteiger partial charge on any atom is -0.479 e. The summed E-state index contributed by atoms with van der Waals surface area (Å²) in [4.78, 5) is 14.3. The topological polar surface area (TPSA) is 128 Å². The molecule has 0 aromatic heterocycles. The SMILES string of the molecule is C.CC(N)=NC/C=C/CC(N)(N)C(=O)O. The van der Waals surface area contributed by atoms with E-state index in [-0.39, 0.29) is 13.8 Å². The van der Waals surface area contributed by atoms with Crippen molar-refractivity contribution in [3.63, 3.8) is 0 Å². The fourth-order valence-electron chi connectivity index (χ4n) is 0.637. The van der Waals surface area contributed by atoms with Gasteiger partial charge in [-0.2, -0.15) is 0 Å². The van der Waals surface area contributed by atoms with Gasteiger partial charge in [0.1, 0.15) is 0 Å². The maximum atomic E-state index is 10.5. The first-order chi connectivity index (χ1) is 6.36. The van der Waals surface area contributed by atoms with Crippen LogP contribution in [0.25, 0.3) is 0 Å². The minimum atomic E-state index is -1.71. The molecule has 0 saturated heterocycles. The fourth-order valence-corrected chi connectivity index (χ4v) is 0.637. The molecule has 7 N–H and O–H groups in total. The van der Waals surface area contributed by atoms with Crippen molar-refractivity contribution in [2.45, 2.75) is 26.4 Å². The third kappa shape index (κ3) is 7.65. The third-order valence-corrected chi connectivity index (χ3v) is 1.47. The number of nitrogens with zero attached hydrogens (tertiary/aromatic N) is 1. The summed E-state index contributed by atoms with van der Waals surface area (Å²) in [5.41, 5.74) is 14.1. The summed E-state index contributed by atoms with van der Waals surface area (Å²) in [5.74, 6) is -0.764. The van der Waals surface area contributed by atoms with Crippen molar-refractivity contribution in [1.29, 1.82) is 0 Å². The Morgan fingerprint density at radius 3 is 2.40 bits per heavy atom. The highest BCUT2D eigenvalue weighted by atomic mass is 16.4. The van der Waals surface area contributed by atoms with Crippen LogP contribution in [0.3, 0.4) is 0 Å². The van der Waals surface area contributed by atoms with E-state index in [2.05, 4.69) is 4.99 Å². The van der Waals surface area contributed by atoms with Gasteiger partial charge in [-0.25, -0.2) is 4.79 Å². The Bertz CT molecular complexity index is 255. The van der Waals surface area contributed by atoms with E-state index in [0.717, 1.165) is 0 Å². The van der Waals surface area contributed by atoms with Crippen LogP contribution < -0.4 is 17.2 Å². The molecular weight excluding hydrogens is 196 g/mol. The molecule has 88 valence electrons. The van der Waals surface area contributed by atoms with Gasteiger partial charge in [0.15, 0.2) is 5.66 Å². The summed E-state index contributed by atoms with van der Waals surface area (Å²) in [6.45, 7) is 2.07. The molecule has 0 unspecified atom stereocenters. The molecule has 0 heterocycles. The number of aliphatic imine (C=N–C) groups is 1. The van der Waals surface area contributed by atoms with Crippen molar-refractivity contribution in [1.82, 2.24) is 0 Å². The van der Waals surface area contributed by atoms with Crippen molar-refractivity contribution >= 4 is 11.8 Å². The van der Waals surface area contributed by atoms with Gasteiger partial charge in [0.2, 0.25) is 0 Å². The molecular formula is C9H20N4O2. The van der Waals surface area contributed by atoms with Crippen LogP contribution in [-0.4, -0.2) is 29.1 Å². The smallest absolute Gasteiger partial charge is 0.338 e. The van der Waals surface area contributed by atoms with Gasteiger partial charge in [0.05, 0.1) is 12.4 Å². The van der Waals surface area contributed by atoms with Gasteiger partial charge in [0, 0.05) is 6.42 Å². The number of hydrogen-bond acceptors (Lipinski definition) is 4. The normalized spacial score (nSPS) is 12.6. The summed E-state index contributed by atoms with van der Waals surface area (Å²) in [6.07, 6.45) is 3.29.